The van der Waals surface area contributed by atoms with Gasteiger partial charge in [-0.3, -0.25) is 14.5 Å². The lowest BCUT2D eigenvalue weighted by molar-refractivity contribution is -0.143. The van der Waals surface area contributed by atoms with Gasteiger partial charge in [0, 0.05) is 64.0 Å². The lowest BCUT2D eigenvalue weighted by Crippen LogP contribution is -2.47. The van der Waals surface area contributed by atoms with Crippen molar-refractivity contribution >= 4 is 17.5 Å². The highest BCUT2D eigenvalue weighted by Gasteiger charge is 2.36. The minimum Gasteiger partial charge on any atom is -0.491 e. The van der Waals surface area contributed by atoms with Gasteiger partial charge in [-0.1, -0.05) is 24.3 Å². The van der Waals surface area contributed by atoms with Crippen LogP contribution in [0.1, 0.15) is 30.9 Å². The molecule has 0 radical (unpaired) electrons. The Kier molecular flexibility index (Phi) is 6.72. The molecule has 7 nitrogen and oxygen atoms in total. The van der Waals surface area contributed by atoms with Crippen LogP contribution in [0.4, 0.5) is 5.69 Å². The van der Waals surface area contributed by atoms with Crippen molar-refractivity contribution in [3.8, 4) is 5.75 Å². The predicted octanol–water partition coefficient (Wildman–Crippen LogP) is 2.74. The van der Waals surface area contributed by atoms with E-state index < -0.39 is 0 Å². The number of anilines is 1. The number of para-hydroxylation sites is 1. The smallest absolute Gasteiger partial charge is 0.245 e. The predicted molar refractivity (Wildman–Crippen MR) is 132 cm³/mol. The second-order valence-corrected chi connectivity index (χ2v) is 9.52. The van der Waals surface area contributed by atoms with E-state index in [1.54, 1.807) is 11.8 Å². The Morgan fingerprint density at radius 3 is 2.53 bits per heavy atom. The number of carbonyl (C=O) groups is 2. The molecule has 1 atom stereocenters. The molecule has 5 rings (SSSR count). The van der Waals surface area contributed by atoms with Gasteiger partial charge in [0.15, 0.2) is 0 Å². The van der Waals surface area contributed by atoms with Crippen LogP contribution in [-0.4, -0.2) is 78.4 Å². The lowest BCUT2D eigenvalue weighted by atomic mass is 10.1. The van der Waals surface area contributed by atoms with E-state index in [-0.39, 0.29) is 17.9 Å². The van der Waals surface area contributed by atoms with E-state index in [1.165, 1.54) is 11.3 Å². The molecule has 2 aromatic carbocycles. The molecule has 0 spiro atoms. The second-order valence-electron chi connectivity index (χ2n) is 9.52. The second kappa shape index (κ2) is 10.1. The van der Waals surface area contributed by atoms with E-state index in [0.717, 1.165) is 56.9 Å². The highest BCUT2D eigenvalue weighted by atomic mass is 16.5. The fourth-order valence-electron chi connectivity index (χ4n) is 5.41. The number of hydrogen-bond acceptors (Lipinski definition) is 5. The fraction of sp³-hybridized carbons (Fsp3) is 0.481. The van der Waals surface area contributed by atoms with Crippen LogP contribution in [0.25, 0.3) is 0 Å². The summed E-state index contributed by atoms with van der Waals surface area (Å²) in [6.45, 7) is 8.77. The summed E-state index contributed by atoms with van der Waals surface area (Å²) in [4.78, 5) is 33.8. The number of hydrogen-bond donors (Lipinski definition) is 0. The molecular formula is C27H34N4O3. The molecule has 3 aliphatic rings. The highest BCUT2D eigenvalue weighted by molar-refractivity contribution is 5.87. The Hall–Kier alpha value is -3.06. The minimum absolute atomic E-state index is 0.0167. The Bertz CT molecular complexity index is 1020. The molecule has 3 heterocycles. The SMILES string of the molecule is CC(=O)N1CCC[C@H]1C(=O)N1CCOc2ccc(CN3CCN(c4ccccc4)CC3)cc2C1. The maximum Gasteiger partial charge on any atom is 0.245 e. The van der Waals surface area contributed by atoms with E-state index >= 15 is 0 Å². The van der Waals surface area contributed by atoms with Crippen LogP contribution < -0.4 is 9.64 Å². The van der Waals surface area contributed by atoms with Crippen LogP contribution in [0.5, 0.6) is 5.75 Å². The molecule has 2 amide bonds. The summed E-state index contributed by atoms with van der Waals surface area (Å²) in [6, 6.07) is 16.7. The van der Waals surface area contributed by atoms with Gasteiger partial charge in [0.05, 0.1) is 6.54 Å². The molecule has 0 N–H and O–H groups in total. The van der Waals surface area contributed by atoms with Crippen LogP contribution in [0.3, 0.4) is 0 Å². The van der Waals surface area contributed by atoms with E-state index in [9.17, 15) is 9.59 Å². The molecule has 2 aromatic rings. The largest absolute Gasteiger partial charge is 0.491 e. The van der Waals surface area contributed by atoms with Gasteiger partial charge in [0.2, 0.25) is 11.8 Å². The number of carbonyl (C=O) groups excluding carboxylic acids is 2. The van der Waals surface area contributed by atoms with Gasteiger partial charge in [-0.05, 0) is 42.7 Å². The molecule has 0 saturated carbocycles. The molecule has 3 aliphatic heterocycles. The monoisotopic (exact) mass is 462 g/mol. The Morgan fingerprint density at radius 2 is 1.76 bits per heavy atom. The number of nitrogens with zero attached hydrogens (tertiary/aromatic N) is 4. The first-order valence-electron chi connectivity index (χ1n) is 12.4. The van der Waals surface area contributed by atoms with Gasteiger partial charge >= 0.3 is 0 Å². The van der Waals surface area contributed by atoms with Crippen molar-refractivity contribution in [1.29, 1.82) is 0 Å². The van der Waals surface area contributed by atoms with Crippen molar-refractivity contribution in [1.82, 2.24) is 14.7 Å². The number of piperazine rings is 1. The van der Waals surface area contributed by atoms with Crippen molar-refractivity contribution in [2.45, 2.75) is 38.9 Å². The molecule has 180 valence electrons. The summed E-state index contributed by atoms with van der Waals surface area (Å²) in [5.74, 6) is 0.895. The lowest BCUT2D eigenvalue weighted by Gasteiger charge is -2.36. The zero-order valence-electron chi connectivity index (χ0n) is 20.0. The average molecular weight is 463 g/mol. The molecular weight excluding hydrogens is 428 g/mol. The van der Waals surface area contributed by atoms with Crippen molar-refractivity contribution in [3.05, 3.63) is 59.7 Å². The van der Waals surface area contributed by atoms with Gasteiger partial charge in [-0.25, -0.2) is 0 Å². The Balaban J connectivity index is 1.23. The molecule has 0 aromatic heterocycles. The third kappa shape index (κ3) is 4.89. The standard InChI is InChI=1S/C27H34N4O3/c1-21(32)31-11-5-8-25(31)27(33)30-16-17-34-26-10-9-22(18-23(26)20-30)19-28-12-14-29(15-13-28)24-6-3-2-4-7-24/h2-4,6-7,9-10,18,25H,5,8,11-17,19-20H2,1H3/t25-/m0/s1. The number of likely N-dealkylation sites (tertiary alicyclic amines) is 1. The number of fused-ring (bicyclic) bond motifs is 1. The quantitative estimate of drug-likeness (QED) is 0.700. The zero-order valence-corrected chi connectivity index (χ0v) is 20.0. The normalized spacial score (nSPS) is 21.1. The first-order valence-corrected chi connectivity index (χ1v) is 12.4. The highest BCUT2D eigenvalue weighted by Crippen LogP contribution is 2.28. The summed E-state index contributed by atoms with van der Waals surface area (Å²) in [7, 11) is 0. The van der Waals surface area contributed by atoms with E-state index in [4.69, 9.17) is 4.74 Å². The van der Waals surface area contributed by atoms with E-state index in [2.05, 4.69) is 58.3 Å². The van der Waals surface area contributed by atoms with Crippen LogP contribution in [-0.2, 0) is 22.7 Å². The first-order chi connectivity index (χ1) is 16.6. The summed E-state index contributed by atoms with van der Waals surface area (Å²) >= 11 is 0. The fourth-order valence-corrected chi connectivity index (χ4v) is 5.41. The zero-order chi connectivity index (χ0) is 23.5. The number of rotatable bonds is 4. The van der Waals surface area contributed by atoms with Gasteiger partial charge in [0.1, 0.15) is 18.4 Å². The first kappa shape index (κ1) is 22.7. The molecule has 2 fully saturated rings. The maximum absolute atomic E-state index is 13.3. The molecule has 0 aliphatic carbocycles. The van der Waals surface area contributed by atoms with Gasteiger partial charge in [0.25, 0.3) is 0 Å². The summed E-state index contributed by atoms with van der Waals surface area (Å²) < 4.78 is 5.98. The average Bonchev–Trinajstić information content (AvgIpc) is 3.26. The van der Waals surface area contributed by atoms with Crippen LogP contribution in [0, 0.1) is 0 Å². The van der Waals surface area contributed by atoms with Crippen LogP contribution >= 0.6 is 0 Å². The molecule has 34 heavy (non-hydrogen) atoms. The van der Waals surface area contributed by atoms with Crippen LogP contribution in [0.2, 0.25) is 0 Å². The third-order valence-electron chi connectivity index (χ3n) is 7.26. The number of amides is 2. The molecule has 2 saturated heterocycles. The van der Waals surface area contributed by atoms with E-state index in [0.29, 0.717) is 26.2 Å². The Morgan fingerprint density at radius 1 is 0.971 bits per heavy atom. The third-order valence-corrected chi connectivity index (χ3v) is 7.26. The van der Waals surface area contributed by atoms with Gasteiger partial charge in [-0.15, -0.1) is 0 Å². The molecule has 0 unspecified atom stereocenters. The van der Waals surface area contributed by atoms with Gasteiger partial charge in [-0.2, -0.15) is 0 Å². The number of ether oxygens (including phenoxy) is 1. The summed E-state index contributed by atoms with van der Waals surface area (Å²) in [5.41, 5.74) is 3.59. The number of benzene rings is 2. The van der Waals surface area contributed by atoms with Crippen LogP contribution in [0.15, 0.2) is 48.5 Å². The topological polar surface area (TPSA) is 56.3 Å². The summed E-state index contributed by atoms with van der Waals surface area (Å²) in [6.07, 6.45) is 1.64. The summed E-state index contributed by atoms with van der Waals surface area (Å²) in [5, 5.41) is 0. The van der Waals surface area contributed by atoms with Crippen molar-refractivity contribution in [2.75, 3.05) is 50.8 Å². The van der Waals surface area contributed by atoms with Crippen molar-refractivity contribution in [2.24, 2.45) is 0 Å². The van der Waals surface area contributed by atoms with E-state index in [1.807, 2.05) is 4.90 Å². The Labute approximate surface area is 201 Å². The molecule has 7 heteroatoms. The van der Waals surface area contributed by atoms with Crippen molar-refractivity contribution < 1.29 is 14.3 Å². The maximum atomic E-state index is 13.3. The van der Waals surface area contributed by atoms with Gasteiger partial charge < -0.3 is 19.4 Å². The minimum atomic E-state index is -0.330. The molecule has 0 bridgehead atoms. The van der Waals surface area contributed by atoms with Crippen molar-refractivity contribution in [3.63, 3.8) is 0 Å².